The number of para-hydroxylation sites is 1. The summed E-state index contributed by atoms with van der Waals surface area (Å²) < 4.78 is 5.61. The van der Waals surface area contributed by atoms with E-state index >= 15 is 0 Å². The highest BCUT2D eigenvalue weighted by Gasteiger charge is 2.20. The minimum Gasteiger partial charge on any atom is -0.475 e. The number of carbonyl (C=O) groups is 1. The molecule has 26 heavy (non-hydrogen) atoms. The van der Waals surface area contributed by atoms with Gasteiger partial charge in [-0.15, -0.1) is 0 Å². The summed E-state index contributed by atoms with van der Waals surface area (Å²) in [5.74, 6) is 0.581. The lowest BCUT2D eigenvalue weighted by Gasteiger charge is -2.21. The third-order valence-electron chi connectivity index (χ3n) is 4.36. The van der Waals surface area contributed by atoms with Crippen molar-refractivity contribution in [1.29, 1.82) is 0 Å². The van der Waals surface area contributed by atoms with E-state index in [4.69, 9.17) is 4.74 Å². The molecule has 0 spiro atoms. The van der Waals surface area contributed by atoms with Crippen molar-refractivity contribution in [3.8, 4) is 5.88 Å². The fourth-order valence-electron chi connectivity index (χ4n) is 3.02. The molecular weight excluding hydrogens is 328 g/mol. The molecule has 0 saturated heterocycles. The van der Waals surface area contributed by atoms with E-state index < -0.39 is 0 Å². The molecule has 1 aliphatic heterocycles. The van der Waals surface area contributed by atoms with Crippen LogP contribution < -0.4 is 15.0 Å². The average Bonchev–Trinajstić information content (AvgIpc) is 2.79. The van der Waals surface area contributed by atoms with E-state index in [1.807, 2.05) is 43.0 Å². The minimum atomic E-state index is -0.0572. The van der Waals surface area contributed by atoms with Gasteiger partial charge in [-0.3, -0.25) is 0 Å². The second-order valence-electron chi connectivity index (χ2n) is 6.80. The zero-order valence-corrected chi connectivity index (χ0v) is 15.6. The van der Waals surface area contributed by atoms with Crippen molar-refractivity contribution in [2.45, 2.75) is 33.0 Å². The fourth-order valence-corrected chi connectivity index (χ4v) is 3.02. The first-order chi connectivity index (χ1) is 12.5. The van der Waals surface area contributed by atoms with E-state index in [1.165, 1.54) is 11.3 Å². The smallest absolute Gasteiger partial charge is 0.318 e. The van der Waals surface area contributed by atoms with Crippen molar-refractivity contribution in [2.24, 2.45) is 0 Å². The van der Waals surface area contributed by atoms with Crippen molar-refractivity contribution >= 4 is 11.7 Å². The highest BCUT2D eigenvalue weighted by Crippen LogP contribution is 2.23. The molecule has 0 fully saturated rings. The van der Waals surface area contributed by atoms with Crippen molar-refractivity contribution < 1.29 is 9.53 Å². The predicted molar refractivity (Wildman–Crippen MR) is 102 cm³/mol. The van der Waals surface area contributed by atoms with Crippen molar-refractivity contribution in [2.75, 3.05) is 25.0 Å². The molecule has 0 bridgehead atoms. The fraction of sp³-hybridized carbons (Fsp3) is 0.400. The molecule has 3 rings (SSSR count). The number of hydrogen-bond acceptors (Lipinski definition) is 4. The van der Waals surface area contributed by atoms with Gasteiger partial charge < -0.3 is 19.9 Å². The number of hydrogen-bond donors (Lipinski definition) is 1. The number of amides is 2. The number of benzene rings is 1. The molecule has 1 aromatic heterocycles. The summed E-state index contributed by atoms with van der Waals surface area (Å²) in [6, 6.07) is 11.9. The number of anilines is 1. The van der Waals surface area contributed by atoms with Gasteiger partial charge in [0.25, 0.3) is 0 Å². The Kier molecular flexibility index (Phi) is 5.61. The first-order valence-corrected chi connectivity index (χ1v) is 8.96. The van der Waals surface area contributed by atoms with E-state index in [9.17, 15) is 4.79 Å². The van der Waals surface area contributed by atoms with Crippen LogP contribution in [0.15, 0.2) is 42.6 Å². The van der Waals surface area contributed by atoms with Crippen LogP contribution in [0.5, 0.6) is 5.88 Å². The van der Waals surface area contributed by atoms with Crippen LogP contribution in [0.4, 0.5) is 10.5 Å². The number of pyridine rings is 1. The molecule has 1 aromatic carbocycles. The van der Waals surface area contributed by atoms with Crippen LogP contribution in [0.2, 0.25) is 0 Å². The van der Waals surface area contributed by atoms with Crippen LogP contribution in [0.3, 0.4) is 0 Å². The highest BCUT2D eigenvalue weighted by molar-refractivity contribution is 5.75. The molecule has 0 atom stereocenters. The predicted octanol–water partition coefficient (Wildman–Crippen LogP) is 3.03. The molecule has 2 heterocycles. The number of likely N-dealkylation sites (N-methyl/N-ethyl adjacent to an activating group) is 1. The van der Waals surface area contributed by atoms with E-state index in [1.54, 1.807) is 6.20 Å². The van der Waals surface area contributed by atoms with Crippen LogP contribution >= 0.6 is 0 Å². The third kappa shape index (κ3) is 4.45. The standard InChI is InChI=1S/C20H26N4O2/c1-15(2)26-19-12-16(8-9-21-19)13-22-20(25)24-11-10-23(3)18-7-5-4-6-17(18)14-24/h4-9,12,15H,10-11,13-14H2,1-3H3,(H,22,25). The Bertz CT molecular complexity index is 763. The lowest BCUT2D eigenvalue weighted by atomic mass is 10.1. The van der Waals surface area contributed by atoms with Crippen LogP contribution in [0, 0.1) is 0 Å². The van der Waals surface area contributed by atoms with Gasteiger partial charge in [-0.2, -0.15) is 0 Å². The number of carbonyl (C=O) groups excluding carboxylic acids is 1. The topological polar surface area (TPSA) is 57.7 Å². The molecule has 0 aliphatic carbocycles. The minimum absolute atomic E-state index is 0.0572. The number of nitrogens with one attached hydrogen (secondary N) is 1. The number of urea groups is 1. The Labute approximate surface area is 154 Å². The van der Waals surface area contributed by atoms with Crippen LogP contribution in [0.1, 0.15) is 25.0 Å². The molecule has 1 aliphatic rings. The Hall–Kier alpha value is -2.76. The largest absolute Gasteiger partial charge is 0.475 e. The van der Waals surface area contributed by atoms with Gasteiger partial charge in [0.05, 0.1) is 6.10 Å². The second kappa shape index (κ2) is 8.08. The van der Waals surface area contributed by atoms with E-state index in [0.717, 1.165) is 12.1 Å². The Morgan fingerprint density at radius 1 is 1.27 bits per heavy atom. The van der Waals surface area contributed by atoms with Gasteiger partial charge in [0, 0.05) is 51.2 Å². The van der Waals surface area contributed by atoms with Gasteiger partial charge in [0.15, 0.2) is 0 Å². The molecule has 0 saturated carbocycles. The van der Waals surface area contributed by atoms with Crippen molar-refractivity contribution in [1.82, 2.24) is 15.2 Å². The average molecular weight is 354 g/mol. The molecule has 6 nitrogen and oxygen atoms in total. The summed E-state index contributed by atoms with van der Waals surface area (Å²) in [5.41, 5.74) is 3.32. The zero-order chi connectivity index (χ0) is 18.5. The quantitative estimate of drug-likeness (QED) is 0.917. The molecule has 138 valence electrons. The van der Waals surface area contributed by atoms with Crippen LogP contribution in [-0.4, -0.2) is 42.2 Å². The maximum Gasteiger partial charge on any atom is 0.318 e. The maximum absolute atomic E-state index is 12.7. The summed E-state index contributed by atoms with van der Waals surface area (Å²) in [6.45, 7) is 6.49. The van der Waals surface area contributed by atoms with Crippen LogP contribution in [-0.2, 0) is 13.1 Å². The lowest BCUT2D eigenvalue weighted by Crippen LogP contribution is -2.41. The number of aromatic nitrogens is 1. The lowest BCUT2D eigenvalue weighted by molar-refractivity contribution is 0.197. The van der Waals surface area contributed by atoms with Gasteiger partial charge in [-0.1, -0.05) is 18.2 Å². The third-order valence-corrected chi connectivity index (χ3v) is 4.36. The van der Waals surface area contributed by atoms with E-state index in [0.29, 0.717) is 25.5 Å². The Morgan fingerprint density at radius 2 is 2.08 bits per heavy atom. The van der Waals surface area contributed by atoms with E-state index in [-0.39, 0.29) is 12.1 Å². The molecule has 2 amide bonds. The summed E-state index contributed by atoms with van der Waals surface area (Å²) in [5, 5.41) is 3.01. The van der Waals surface area contributed by atoms with Gasteiger partial charge in [0.1, 0.15) is 0 Å². The number of rotatable bonds is 4. The molecule has 6 heteroatoms. The molecular formula is C20H26N4O2. The number of nitrogens with zero attached hydrogens (tertiary/aromatic N) is 3. The van der Waals surface area contributed by atoms with Gasteiger partial charge in [0.2, 0.25) is 5.88 Å². The van der Waals surface area contributed by atoms with Crippen molar-refractivity contribution in [3.05, 3.63) is 53.7 Å². The summed E-state index contributed by atoms with van der Waals surface area (Å²) >= 11 is 0. The highest BCUT2D eigenvalue weighted by atomic mass is 16.5. The molecule has 1 N–H and O–H groups in total. The summed E-state index contributed by atoms with van der Waals surface area (Å²) in [4.78, 5) is 20.9. The van der Waals surface area contributed by atoms with Crippen LogP contribution in [0.25, 0.3) is 0 Å². The molecule has 0 radical (unpaired) electrons. The van der Waals surface area contributed by atoms with Gasteiger partial charge in [-0.05, 0) is 37.1 Å². The van der Waals surface area contributed by atoms with E-state index in [2.05, 4.69) is 34.4 Å². The maximum atomic E-state index is 12.7. The SMILES string of the molecule is CC(C)Oc1cc(CNC(=O)N2CCN(C)c3ccccc3C2)ccn1. The first kappa shape index (κ1) is 18.0. The monoisotopic (exact) mass is 354 g/mol. The van der Waals surface area contributed by atoms with Gasteiger partial charge in [-0.25, -0.2) is 9.78 Å². The number of fused-ring (bicyclic) bond motifs is 1. The molecule has 2 aromatic rings. The number of ether oxygens (including phenoxy) is 1. The summed E-state index contributed by atoms with van der Waals surface area (Å²) in [7, 11) is 2.06. The molecule has 0 unspecified atom stereocenters. The summed E-state index contributed by atoms with van der Waals surface area (Å²) in [6.07, 6.45) is 1.78. The zero-order valence-electron chi connectivity index (χ0n) is 15.6. The Morgan fingerprint density at radius 3 is 2.88 bits per heavy atom. The first-order valence-electron chi connectivity index (χ1n) is 8.96. The second-order valence-corrected chi connectivity index (χ2v) is 6.80. The van der Waals surface area contributed by atoms with Gasteiger partial charge >= 0.3 is 6.03 Å². The normalized spacial score (nSPS) is 14.0. The Balaban J connectivity index is 1.62. The van der Waals surface area contributed by atoms with Crippen molar-refractivity contribution in [3.63, 3.8) is 0 Å².